The average Bonchev–Trinajstić information content (AvgIpc) is 1.91. The summed E-state index contributed by atoms with van der Waals surface area (Å²) in [5, 5.41) is 0. The molecule has 0 unspecified atom stereocenters. The summed E-state index contributed by atoms with van der Waals surface area (Å²) >= 11 is -0.320. The van der Waals surface area contributed by atoms with Gasteiger partial charge in [0.2, 0.25) is 5.95 Å². The highest BCUT2D eigenvalue weighted by Crippen LogP contribution is 2.36. The second kappa shape index (κ2) is 3.30. The van der Waals surface area contributed by atoms with Gasteiger partial charge in [-0.3, -0.25) is 0 Å². The molecular weight excluding hydrogens is 194 g/mol. The van der Waals surface area contributed by atoms with E-state index < -0.39 is 11.5 Å². The van der Waals surface area contributed by atoms with E-state index in [1.807, 2.05) is 0 Å². The first-order valence-electron chi connectivity index (χ1n) is 2.85. The van der Waals surface area contributed by atoms with Crippen molar-refractivity contribution in [1.82, 2.24) is 4.98 Å². The number of hydrogen-bond donors (Lipinski definition) is 0. The van der Waals surface area contributed by atoms with Crippen LogP contribution in [0.5, 0.6) is 0 Å². The Balaban J connectivity index is 2.71. The van der Waals surface area contributed by atoms with Crippen LogP contribution in [-0.2, 0) is 0 Å². The second-order valence-corrected chi connectivity index (χ2v) is 3.00. The van der Waals surface area contributed by atoms with Gasteiger partial charge in [-0.25, -0.2) is 4.98 Å². The van der Waals surface area contributed by atoms with E-state index in [4.69, 9.17) is 0 Å². The molecule has 0 saturated carbocycles. The Hall–Kier alpha value is -0.780. The number of hydrogen-bond acceptors (Lipinski definition) is 2. The summed E-state index contributed by atoms with van der Waals surface area (Å²) < 4.78 is 47.2. The molecule has 1 nitrogen and oxygen atoms in total. The van der Waals surface area contributed by atoms with Crippen molar-refractivity contribution in [2.45, 2.75) is 10.4 Å². The number of aromatic nitrogens is 1. The highest BCUT2D eigenvalue weighted by Gasteiger charge is 2.29. The third-order valence-electron chi connectivity index (χ3n) is 0.934. The number of alkyl halides is 3. The molecule has 12 heavy (non-hydrogen) atoms. The van der Waals surface area contributed by atoms with Crippen LogP contribution in [-0.4, -0.2) is 10.5 Å². The molecular formula is C6H3F4NS. The molecule has 1 rings (SSSR count). The van der Waals surface area contributed by atoms with Crippen molar-refractivity contribution >= 4 is 11.8 Å². The molecule has 66 valence electrons. The lowest BCUT2D eigenvalue weighted by Gasteiger charge is -2.03. The van der Waals surface area contributed by atoms with Gasteiger partial charge in [0.05, 0.1) is 0 Å². The van der Waals surface area contributed by atoms with Crippen LogP contribution >= 0.6 is 11.8 Å². The first-order valence-corrected chi connectivity index (χ1v) is 3.66. The van der Waals surface area contributed by atoms with E-state index in [0.29, 0.717) is 0 Å². The smallest absolute Gasteiger partial charge is 0.227 e. The van der Waals surface area contributed by atoms with Gasteiger partial charge >= 0.3 is 5.51 Å². The van der Waals surface area contributed by atoms with Crippen LogP contribution < -0.4 is 0 Å². The molecule has 0 amide bonds. The molecule has 1 aromatic heterocycles. The first-order chi connectivity index (χ1) is 5.47. The summed E-state index contributed by atoms with van der Waals surface area (Å²) in [4.78, 5) is 2.95. The maximum absolute atomic E-state index is 12.1. The molecule has 0 radical (unpaired) electrons. The predicted octanol–water partition coefficient (Wildman–Crippen LogP) is 2.83. The van der Waals surface area contributed by atoms with Gasteiger partial charge in [0.25, 0.3) is 0 Å². The van der Waals surface area contributed by atoms with E-state index in [-0.39, 0.29) is 16.7 Å². The highest BCUT2D eigenvalue weighted by molar-refractivity contribution is 8.00. The molecule has 0 bridgehead atoms. The Kier molecular flexibility index (Phi) is 2.56. The molecule has 0 aliphatic carbocycles. The third-order valence-corrected chi connectivity index (χ3v) is 1.64. The minimum absolute atomic E-state index is 0.121. The van der Waals surface area contributed by atoms with Gasteiger partial charge < -0.3 is 0 Å². The minimum atomic E-state index is -4.35. The quantitative estimate of drug-likeness (QED) is 0.390. The van der Waals surface area contributed by atoms with Crippen molar-refractivity contribution in [3.63, 3.8) is 0 Å². The zero-order chi connectivity index (χ0) is 9.19. The molecule has 0 aliphatic rings. The summed E-state index contributed by atoms with van der Waals surface area (Å²) in [5.74, 6) is -0.790. The van der Waals surface area contributed by atoms with Gasteiger partial charge in [-0.05, 0) is 23.9 Å². The van der Waals surface area contributed by atoms with E-state index >= 15 is 0 Å². The van der Waals surface area contributed by atoms with Gasteiger partial charge in [-0.2, -0.15) is 17.6 Å². The van der Waals surface area contributed by atoms with Crippen molar-refractivity contribution in [2.24, 2.45) is 0 Å². The van der Waals surface area contributed by atoms with E-state index in [0.717, 1.165) is 18.3 Å². The maximum atomic E-state index is 12.1. The minimum Gasteiger partial charge on any atom is -0.227 e. The van der Waals surface area contributed by atoms with E-state index in [1.54, 1.807) is 0 Å². The van der Waals surface area contributed by atoms with Gasteiger partial charge in [0.15, 0.2) is 0 Å². The third kappa shape index (κ3) is 3.08. The summed E-state index contributed by atoms with van der Waals surface area (Å²) in [6, 6.07) is 1.91. The largest absolute Gasteiger partial charge is 0.446 e. The predicted molar refractivity (Wildman–Crippen MR) is 36.1 cm³/mol. The molecule has 0 atom stereocenters. The van der Waals surface area contributed by atoms with Crippen molar-refractivity contribution in [3.8, 4) is 0 Å². The van der Waals surface area contributed by atoms with Crippen LogP contribution in [0.15, 0.2) is 23.2 Å². The number of halogens is 4. The molecule has 0 N–H and O–H groups in total. The van der Waals surface area contributed by atoms with E-state index in [2.05, 4.69) is 4.98 Å². The second-order valence-electron chi connectivity index (χ2n) is 1.86. The molecule has 0 saturated heterocycles. The standard InChI is InChI=1S/C6H3F4NS/c7-5-2-1-4(3-11-5)12-6(8,9)10/h1-3H. The van der Waals surface area contributed by atoms with Gasteiger partial charge in [0, 0.05) is 11.1 Å². The van der Waals surface area contributed by atoms with Gasteiger partial charge in [-0.15, -0.1) is 0 Å². The summed E-state index contributed by atoms with van der Waals surface area (Å²) in [7, 11) is 0. The maximum Gasteiger partial charge on any atom is 0.446 e. The van der Waals surface area contributed by atoms with Crippen LogP contribution in [0.25, 0.3) is 0 Å². The highest BCUT2D eigenvalue weighted by atomic mass is 32.2. The van der Waals surface area contributed by atoms with Crippen LogP contribution in [0.4, 0.5) is 17.6 Å². The normalized spacial score (nSPS) is 11.7. The summed E-state index contributed by atoms with van der Waals surface area (Å²) in [5.41, 5.74) is -4.35. The Bertz CT molecular complexity index is 255. The molecule has 6 heteroatoms. The summed E-state index contributed by atoms with van der Waals surface area (Å²) in [6.45, 7) is 0. The summed E-state index contributed by atoms with van der Waals surface area (Å²) in [6.07, 6.45) is 0.841. The zero-order valence-electron chi connectivity index (χ0n) is 5.60. The number of thioether (sulfide) groups is 1. The zero-order valence-corrected chi connectivity index (χ0v) is 6.42. The van der Waals surface area contributed by atoms with Crippen LogP contribution in [0.1, 0.15) is 0 Å². The number of nitrogens with zero attached hydrogens (tertiary/aromatic N) is 1. The first kappa shape index (κ1) is 9.31. The monoisotopic (exact) mass is 197 g/mol. The van der Waals surface area contributed by atoms with Crippen LogP contribution in [0.2, 0.25) is 0 Å². The molecule has 0 fully saturated rings. The lowest BCUT2D eigenvalue weighted by atomic mass is 10.5. The van der Waals surface area contributed by atoms with Gasteiger partial charge in [-0.1, -0.05) is 0 Å². The van der Waals surface area contributed by atoms with Crippen LogP contribution in [0.3, 0.4) is 0 Å². The number of pyridine rings is 1. The Labute approximate surface area is 69.8 Å². The number of rotatable bonds is 1. The molecule has 1 heterocycles. The Morgan fingerprint density at radius 3 is 2.33 bits per heavy atom. The SMILES string of the molecule is Fc1ccc(SC(F)(F)F)cn1. The fourth-order valence-corrected chi connectivity index (χ4v) is 1.07. The topological polar surface area (TPSA) is 12.9 Å². The van der Waals surface area contributed by atoms with Crippen LogP contribution in [0, 0.1) is 5.95 Å². The van der Waals surface area contributed by atoms with E-state index in [1.165, 1.54) is 0 Å². The van der Waals surface area contributed by atoms with Crippen molar-refractivity contribution in [1.29, 1.82) is 0 Å². The van der Waals surface area contributed by atoms with E-state index in [9.17, 15) is 17.6 Å². The fraction of sp³-hybridized carbons (Fsp3) is 0.167. The van der Waals surface area contributed by atoms with Gasteiger partial charge in [0.1, 0.15) is 0 Å². The van der Waals surface area contributed by atoms with Crippen molar-refractivity contribution in [3.05, 3.63) is 24.3 Å². The lowest BCUT2D eigenvalue weighted by Crippen LogP contribution is -1.99. The lowest BCUT2D eigenvalue weighted by molar-refractivity contribution is -0.0328. The molecule has 0 aromatic carbocycles. The molecule has 1 aromatic rings. The Morgan fingerprint density at radius 2 is 1.92 bits per heavy atom. The fourth-order valence-electron chi connectivity index (χ4n) is 0.556. The van der Waals surface area contributed by atoms with Crippen molar-refractivity contribution in [2.75, 3.05) is 0 Å². The average molecular weight is 197 g/mol. The Morgan fingerprint density at radius 1 is 1.25 bits per heavy atom. The molecule has 0 spiro atoms. The van der Waals surface area contributed by atoms with Crippen molar-refractivity contribution < 1.29 is 17.6 Å². The molecule has 0 aliphatic heterocycles.